The summed E-state index contributed by atoms with van der Waals surface area (Å²) in [7, 11) is 1.74. The van der Waals surface area contributed by atoms with Crippen molar-refractivity contribution < 1.29 is 9.59 Å². The number of carbonyl (C=O) groups excluding carboxylic acids is 2. The van der Waals surface area contributed by atoms with E-state index in [1.54, 1.807) is 60.7 Å². The van der Waals surface area contributed by atoms with Crippen LogP contribution in [0, 0.1) is 0 Å². The van der Waals surface area contributed by atoms with Crippen LogP contribution in [0.15, 0.2) is 53.4 Å². The van der Waals surface area contributed by atoms with Crippen molar-refractivity contribution in [2.24, 2.45) is 7.05 Å². The Morgan fingerprint density at radius 1 is 1.20 bits per heavy atom. The molecule has 2 N–H and O–H groups in total. The maximum atomic E-state index is 12.1. The van der Waals surface area contributed by atoms with Gasteiger partial charge in [0.1, 0.15) is 6.54 Å². The van der Waals surface area contributed by atoms with Crippen molar-refractivity contribution >= 4 is 39.1 Å². The highest BCUT2D eigenvalue weighted by Crippen LogP contribution is 2.16. The van der Waals surface area contributed by atoms with Crippen molar-refractivity contribution in [2.45, 2.75) is 6.54 Å². The van der Waals surface area contributed by atoms with E-state index >= 15 is 0 Å². The molecule has 3 aromatic rings. The summed E-state index contributed by atoms with van der Waals surface area (Å²) in [5.41, 5.74) is 1.46. The highest BCUT2D eigenvalue weighted by atomic mass is 79.9. The number of nitrogens with zero attached hydrogens (tertiary/aromatic N) is 4. The average Bonchev–Trinajstić information content (AvgIpc) is 3.16. The summed E-state index contributed by atoms with van der Waals surface area (Å²) in [6.45, 7) is 0.0934. The van der Waals surface area contributed by atoms with Gasteiger partial charge >= 0.3 is 0 Å². The highest BCUT2D eigenvalue weighted by molar-refractivity contribution is 9.10. The fourth-order valence-corrected chi connectivity index (χ4v) is 2.51. The van der Waals surface area contributed by atoms with Gasteiger partial charge in [0.15, 0.2) is 5.69 Å². The molecule has 0 saturated heterocycles. The number of hydrogen-bond acceptors (Lipinski definition) is 4. The third kappa shape index (κ3) is 4.54. The first-order valence-electron chi connectivity index (χ1n) is 7.38. The van der Waals surface area contributed by atoms with E-state index in [0.29, 0.717) is 17.1 Å². The van der Waals surface area contributed by atoms with E-state index in [9.17, 15) is 9.59 Å². The summed E-state index contributed by atoms with van der Waals surface area (Å²) in [5.74, 6) is -0.533. The first kappa shape index (κ1) is 16.9. The van der Waals surface area contributed by atoms with Crippen molar-refractivity contribution in [3.63, 3.8) is 0 Å². The van der Waals surface area contributed by atoms with Crippen LogP contribution in [-0.2, 0) is 18.4 Å². The van der Waals surface area contributed by atoms with Crippen molar-refractivity contribution in [1.29, 1.82) is 0 Å². The van der Waals surface area contributed by atoms with Crippen molar-refractivity contribution in [3.05, 3.63) is 59.1 Å². The molecule has 0 bridgehead atoms. The molecule has 0 aliphatic rings. The zero-order chi connectivity index (χ0) is 17.8. The van der Waals surface area contributed by atoms with Crippen LogP contribution in [0.25, 0.3) is 0 Å². The van der Waals surface area contributed by atoms with Gasteiger partial charge < -0.3 is 10.6 Å². The number of aryl methyl sites for hydroxylation is 1. The summed E-state index contributed by atoms with van der Waals surface area (Å²) < 4.78 is 3.88. The minimum atomic E-state index is -0.314. The van der Waals surface area contributed by atoms with E-state index in [2.05, 4.69) is 36.8 Å². The van der Waals surface area contributed by atoms with Crippen molar-refractivity contribution in [2.75, 3.05) is 10.6 Å². The summed E-state index contributed by atoms with van der Waals surface area (Å²) in [4.78, 5) is 24.2. The van der Waals surface area contributed by atoms with Crippen molar-refractivity contribution in [1.82, 2.24) is 19.6 Å². The van der Waals surface area contributed by atoms with E-state index in [0.717, 1.165) is 4.47 Å². The van der Waals surface area contributed by atoms with E-state index in [1.165, 1.54) is 4.68 Å². The molecule has 9 heteroatoms. The van der Waals surface area contributed by atoms with E-state index in [4.69, 9.17) is 0 Å². The number of halogens is 1. The average molecular weight is 403 g/mol. The number of hydrogen-bond donors (Lipinski definition) is 2. The SMILES string of the molecule is Cn1ccc(C(=O)Nc2cccc(NC(=O)Cn3cc(Br)cn3)c2)n1. The number of amides is 2. The summed E-state index contributed by atoms with van der Waals surface area (Å²) in [6.07, 6.45) is 5.02. The molecule has 2 aromatic heterocycles. The van der Waals surface area contributed by atoms with E-state index in [-0.39, 0.29) is 18.4 Å². The number of rotatable bonds is 5. The maximum absolute atomic E-state index is 12.1. The molecule has 2 amide bonds. The molecular weight excluding hydrogens is 388 g/mol. The Labute approximate surface area is 152 Å². The second-order valence-corrected chi connectivity index (χ2v) is 6.23. The van der Waals surface area contributed by atoms with Gasteiger partial charge in [0, 0.05) is 30.8 Å². The van der Waals surface area contributed by atoms with Crippen LogP contribution < -0.4 is 10.6 Å². The number of aromatic nitrogens is 4. The molecule has 0 unspecified atom stereocenters. The topological polar surface area (TPSA) is 93.8 Å². The third-order valence-electron chi connectivity index (χ3n) is 3.26. The monoisotopic (exact) mass is 402 g/mol. The lowest BCUT2D eigenvalue weighted by molar-refractivity contribution is -0.116. The Bertz CT molecular complexity index is 917. The molecule has 2 heterocycles. The van der Waals surface area contributed by atoms with Gasteiger partial charge in [-0.3, -0.25) is 19.0 Å². The van der Waals surface area contributed by atoms with Gasteiger partial charge in [-0.1, -0.05) is 6.07 Å². The van der Waals surface area contributed by atoms with Gasteiger partial charge in [-0.25, -0.2) is 0 Å². The quantitative estimate of drug-likeness (QED) is 0.684. The van der Waals surface area contributed by atoms with Gasteiger partial charge in [-0.15, -0.1) is 0 Å². The molecule has 0 aliphatic carbocycles. The minimum absolute atomic E-state index is 0.0934. The largest absolute Gasteiger partial charge is 0.324 e. The molecule has 0 spiro atoms. The Kier molecular flexibility index (Phi) is 4.94. The van der Waals surface area contributed by atoms with Crippen LogP contribution in [0.4, 0.5) is 11.4 Å². The number of anilines is 2. The Morgan fingerprint density at radius 2 is 1.96 bits per heavy atom. The fourth-order valence-electron chi connectivity index (χ4n) is 2.18. The molecule has 8 nitrogen and oxygen atoms in total. The predicted molar refractivity (Wildman–Crippen MR) is 96.2 cm³/mol. The van der Waals surface area contributed by atoms with Gasteiger partial charge in [-0.05, 0) is 40.2 Å². The Balaban J connectivity index is 1.62. The molecular formula is C16H15BrN6O2. The van der Waals surface area contributed by atoms with Crippen LogP contribution in [0.3, 0.4) is 0 Å². The number of benzene rings is 1. The molecule has 0 fully saturated rings. The van der Waals surface area contributed by atoms with Gasteiger partial charge in [0.2, 0.25) is 5.91 Å². The molecule has 128 valence electrons. The van der Waals surface area contributed by atoms with E-state index < -0.39 is 0 Å². The number of carbonyl (C=O) groups is 2. The first-order chi connectivity index (χ1) is 12.0. The van der Waals surface area contributed by atoms with Crippen LogP contribution in [-0.4, -0.2) is 31.4 Å². The molecule has 0 radical (unpaired) electrons. The zero-order valence-corrected chi connectivity index (χ0v) is 14.9. The summed E-state index contributed by atoms with van der Waals surface area (Å²) >= 11 is 3.28. The highest BCUT2D eigenvalue weighted by Gasteiger charge is 2.10. The predicted octanol–water partition coefficient (Wildman–Crippen LogP) is 2.27. The molecule has 3 rings (SSSR count). The maximum Gasteiger partial charge on any atom is 0.276 e. The van der Waals surface area contributed by atoms with Gasteiger partial charge in [-0.2, -0.15) is 10.2 Å². The van der Waals surface area contributed by atoms with Crippen molar-refractivity contribution in [3.8, 4) is 0 Å². The lowest BCUT2D eigenvalue weighted by Gasteiger charge is -2.08. The molecule has 0 atom stereocenters. The van der Waals surface area contributed by atoms with Gasteiger partial charge in [0.05, 0.1) is 10.7 Å². The van der Waals surface area contributed by atoms with E-state index in [1.807, 2.05) is 0 Å². The molecule has 0 aliphatic heterocycles. The van der Waals surface area contributed by atoms with Gasteiger partial charge in [0.25, 0.3) is 5.91 Å². The lowest BCUT2D eigenvalue weighted by atomic mass is 10.2. The fraction of sp³-hybridized carbons (Fsp3) is 0.125. The zero-order valence-electron chi connectivity index (χ0n) is 13.3. The molecule has 0 saturated carbocycles. The minimum Gasteiger partial charge on any atom is -0.324 e. The second kappa shape index (κ2) is 7.31. The third-order valence-corrected chi connectivity index (χ3v) is 3.67. The normalized spacial score (nSPS) is 10.5. The standard InChI is InChI=1S/C16H15BrN6O2/c1-22-6-5-14(21-22)16(25)20-13-4-2-3-12(7-13)19-15(24)10-23-9-11(17)8-18-23/h2-9H,10H2,1H3,(H,19,24)(H,20,25). The first-order valence-corrected chi connectivity index (χ1v) is 8.18. The lowest BCUT2D eigenvalue weighted by Crippen LogP contribution is -2.19. The Morgan fingerprint density at radius 3 is 2.60 bits per heavy atom. The summed E-state index contributed by atoms with van der Waals surface area (Å²) in [5, 5.41) is 13.6. The van der Waals surface area contributed by atoms with Crippen LogP contribution >= 0.6 is 15.9 Å². The molecule has 1 aromatic carbocycles. The molecule has 25 heavy (non-hydrogen) atoms. The summed E-state index contributed by atoms with van der Waals surface area (Å²) in [6, 6.07) is 8.53. The second-order valence-electron chi connectivity index (χ2n) is 5.31. The van der Waals surface area contributed by atoms with Crippen LogP contribution in [0.5, 0.6) is 0 Å². The van der Waals surface area contributed by atoms with Crippen LogP contribution in [0.1, 0.15) is 10.5 Å². The number of nitrogens with one attached hydrogen (secondary N) is 2. The van der Waals surface area contributed by atoms with Crippen LogP contribution in [0.2, 0.25) is 0 Å². The Hall–Kier alpha value is -2.94. The smallest absolute Gasteiger partial charge is 0.276 e.